The molecule has 1 rings (SSSR count). The van der Waals surface area contributed by atoms with Crippen LogP contribution in [0.4, 0.5) is 0 Å². The van der Waals surface area contributed by atoms with E-state index < -0.39 is 0 Å². The molecule has 0 bridgehead atoms. The van der Waals surface area contributed by atoms with E-state index in [0.29, 0.717) is 0 Å². The van der Waals surface area contributed by atoms with Crippen molar-refractivity contribution in [2.24, 2.45) is 0 Å². The van der Waals surface area contributed by atoms with Crippen molar-refractivity contribution in [1.82, 2.24) is 0 Å². The molecule has 62 valence electrons. The predicted octanol–water partition coefficient (Wildman–Crippen LogP) is 1.76. The van der Waals surface area contributed by atoms with E-state index in [1.807, 2.05) is 44.2 Å². The Morgan fingerprint density at radius 2 is 1.67 bits per heavy atom. The molecule has 0 atom stereocenters. The van der Waals surface area contributed by atoms with E-state index >= 15 is 0 Å². The Labute approximate surface area is 95.1 Å². The van der Waals surface area contributed by atoms with E-state index in [4.69, 9.17) is 9.78 Å². The quantitative estimate of drug-likeness (QED) is 0.397. The predicted molar refractivity (Wildman–Crippen MR) is 50.4 cm³/mol. The first-order chi connectivity index (χ1) is 5.29. The van der Waals surface area contributed by atoms with Crippen LogP contribution in [0.5, 0.6) is 5.75 Å². The van der Waals surface area contributed by atoms with Crippen LogP contribution in [-0.2, 0) is 4.89 Å². The average Bonchev–Trinajstić information content (AvgIpc) is 2.03. The topological polar surface area (TPSA) is 18.5 Å². The van der Waals surface area contributed by atoms with Gasteiger partial charge in [-0.2, -0.15) is 4.89 Å². The Balaban J connectivity index is 0.00000121. The molecule has 0 amide bonds. The Morgan fingerprint density at radius 3 is 2.17 bits per heavy atom. The van der Waals surface area contributed by atoms with Gasteiger partial charge < -0.3 is 4.89 Å². The molecule has 0 aliphatic heterocycles. The summed E-state index contributed by atoms with van der Waals surface area (Å²) in [6, 6.07) is 9.44. The van der Waals surface area contributed by atoms with Gasteiger partial charge in [-0.25, -0.2) is 0 Å². The molecule has 1 aromatic rings. The van der Waals surface area contributed by atoms with Crippen LogP contribution in [0.3, 0.4) is 0 Å². The van der Waals surface area contributed by atoms with Gasteiger partial charge in [-0.15, -0.1) is 0 Å². The molecule has 0 radical (unpaired) electrons. The molecule has 0 unspecified atom stereocenters. The van der Waals surface area contributed by atoms with Gasteiger partial charge in [0.15, 0.2) is 5.75 Å². The van der Waals surface area contributed by atoms with Crippen molar-refractivity contribution in [3.05, 3.63) is 30.3 Å². The molecule has 0 saturated carbocycles. The van der Waals surface area contributed by atoms with Crippen molar-refractivity contribution >= 4 is 29.6 Å². The molecular weight excluding hydrogens is 163 g/mol. The minimum absolute atomic E-state index is 0. The van der Waals surface area contributed by atoms with Crippen molar-refractivity contribution in [2.75, 3.05) is 0 Å². The fourth-order valence-electron chi connectivity index (χ4n) is 0.628. The second kappa shape index (κ2) is 6.49. The number of benzene rings is 1. The third-order valence-electron chi connectivity index (χ3n) is 1.08. The SMILES string of the molecule is CC(C)OOc1ccccc1.[NaH]. The molecule has 0 aromatic heterocycles. The summed E-state index contributed by atoms with van der Waals surface area (Å²) in [7, 11) is 0. The summed E-state index contributed by atoms with van der Waals surface area (Å²) in [4.78, 5) is 9.90. The molecule has 12 heavy (non-hydrogen) atoms. The molecule has 0 aliphatic rings. The van der Waals surface area contributed by atoms with Crippen molar-refractivity contribution in [2.45, 2.75) is 20.0 Å². The summed E-state index contributed by atoms with van der Waals surface area (Å²) in [5.74, 6) is 0.737. The first-order valence-corrected chi connectivity index (χ1v) is 3.67. The van der Waals surface area contributed by atoms with Gasteiger partial charge >= 0.3 is 29.6 Å². The monoisotopic (exact) mass is 176 g/mol. The molecule has 0 saturated heterocycles. The molecule has 3 heteroatoms. The second-order valence-electron chi connectivity index (χ2n) is 2.54. The van der Waals surface area contributed by atoms with Gasteiger partial charge in [0.05, 0.1) is 6.10 Å². The van der Waals surface area contributed by atoms with Gasteiger partial charge in [-0.1, -0.05) is 18.2 Å². The number of rotatable bonds is 3. The summed E-state index contributed by atoms with van der Waals surface area (Å²) in [6.07, 6.45) is 0.0928. The molecule has 0 heterocycles. The van der Waals surface area contributed by atoms with Gasteiger partial charge in [0.25, 0.3) is 0 Å². The number of para-hydroxylation sites is 1. The van der Waals surface area contributed by atoms with Crippen molar-refractivity contribution in [3.8, 4) is 5.75 Å². The van der Waals surface area contributed by atoms with Crippen LogP contribution in [0.2, 0.25) is 0 Å². The average molecular weight is 176 g/mol. The summed E-state index contributed by atoms with van der Waals surface area (Å²) in [5.41, 5.74) is 0. The van der Waals surface area contributed by atoms with Gasteiger partial charge in [-0.3, -0.25) is 0 Å². The maximum atomic E-state index is 4.97. The van der Waals surface area contributed by atoms with Crippen molar-refractivity contribution < 1.29 is 9.78 Å². The zero-order valence-corrected chi connectivity index (χ0v) is 6.78. The summed E-state index contributed by atoms with van der Waals surface area (Å²) < 4.78 is 0. The third-order valence-corrected chi connectivity index (χ3v) is 1.08. The molecule has 0 spiro atoms. The fourth-order valence-corrected chi connectivity index (χ4v) is 0.628. The van der Waals surface area contributed by atoms with Crippen LogP contribution >= 0.6 is 0 Å². The second-order valence-corrected chi connectivity index (χ2v) is 2.54. The standard InChI is InChI=1S/C9H12O2.Na.H/c1-8(2)10-11-9-6-4-3-5-7-9;;/h3-8H,1-2H3;;. The first-order valence-electron chi connectivity index (χ1n) is 3.67. The number of hydrogen-bond acceptors (Lipinski definition) is 2. The van der Waals surface area contributed by atoms with Crippen LogP contribution in [-0.4, -0.2) is 35.7 Å². The van der Waals surface area contributed by atoms with Gasteiger partial charge in [0.1, 0.15) is 0 Å². The van der Waals surface area contributed by atoms with Crippen molar-refractivity contribution in [3.63, 3.8) is 0 Å². The molecule has 2 nitrogen and oxygen atoms in total. The Kier molecular flexibility index (Phi) is 6.48. The first kappa shape index (κ1) is 12.0. The van der Waals surface area contributed by atoms with E-state index in [2.05, 4.69) is 0 Å². The van der Waals surface area contributed by atoms with Crippen LogP contribution in [0.25, 0.3) is 0 Å². The summed E-state index contributed by atoms with van der Waals surface area (Å²) >= 11 is 0. The molecular formula is C9H13NaO2. The zero-order valence-electron chi connectivity index (χ0n) is 6.78. The number of hydrogen-bond donors (Lipinski definition) is 0. The maximum absolute atomic E-state index is 4.97. The normalized spacial score (nSPS) is 9.25. The Morgan fingerprint density at radius 1 is 1.08 bits per heavy atom. The molecule has 0 N–H and O–H groups in total. The summed E-state index contributed by atoms with van der Waals surface area (Å²) in [5, 5.41) is 0. The van der Waals surface area contributed by atoms with Gasteiger partial charge in [-0.05, 0) is 26.0 Å². The fraction of sp³-hybridized carbons (Fsp3) is 0.333. The molecule has 0 aliphatic carbocycles. The Bertz CT molecular complexity index is 199. The van der Waals surface area contributed by atoms with Crippen LogP contribution in [0, 0.1) is 0 Å². The van der Waals surface area contributed by atoms with E-state index in [9.17, 15) is 0 Å². The zero-order chi connectivity index (χ0) is 8.10. The van der Waals surface area contributed by atoms with Gasteiger partial charge in [0.2, 0.25) is 0 Å². The molecule has 0 fully saturated rings. The third kappa shape index (κ3) is 4.78. The van der Waals surface area contributed by atoms with Crippen LogP contribution in [0.15, 0.2) is 30.3 Å². The molecule has 1 aromatic carbocycles. The van der Waals surface area contributed by atoms with Gasteiger partial charge in [0, 0.05) is 0 Å². The van der Waals surface area contributed by atoms with E-state index in [0.717, 1.165) is 5.75 Å². The van der Waals surface area contributed by atoms with Crippen molar-refractivity contribution in [1.29, 1.82) is 0 Å². The van der Waals surface area contributed by atoms with Crippen LogP contribution < -0.4 is 4.89 Å². The van der Waals surface area contributed by atoms with E-state index in [1.165, 1.54) is 0 Å². The summed E-state index contributed by atoms with van der Waals surface area (Å²) in [6.45, 7) is 3.84. The van der Waals surface area contributed by atoms with Crippen LogP contribution in [0.1, 0.15) is 13.8 Å². The van der Waals surface area contributed by atoms with E-state index in [1.54, 1.807) is 0 Å². The van der Waals surface area contributed by atoms with E-state index in [-0.39, 0.29) is 35.7 Å². The Hall–Kier alpha value is -0.0200. The minimum atomic E-state index is 0.